The first kappa shape index (κ1) is 29.1. The lowest BCUT2D eigenvalue weighted by Gasteiger charge is -2.22. The van der Waals surface area contributed by atoms with E-state index in [1.807, 2.05) is 26.8 Å². The van der Waals surface area contributed by atoms with Crippen molar-refractivity contribution < 1.29 is 27.4 Å². The Labute approximate surface area is 241 Å². The molecule has 4 aromatic rings. The molecule has 40 heavy (non-hydrogen) atoms. The molecule has 0 aliphatic heterocycles. The Balaban J connectivity index is 1.57. The van der Waals surface area contributed by atoms with Gasteiger partial charge in [-0.15, -0.1) is 0 Å². The molecular weight excluding hydrogens is 600 g/mol. The Kier molecular flexibility index (Phi) is 9.10. The fourth-order valence-corrected chi connectivity index (χ4v) is 4.88. The number of halogens is 1. The zero-order valence-electron chi connectivity index (χ0n) is 22.4. The van der Waals surface area contributed by atoms with Gasteiger partial charge in [0.2, 0.25) is 5.88 Å². The monoisotopic (exact) mass is 628 g/mol. The molecule has 0 amide bonds. The van der Waals surface area contributed by atoms with Crippen LogP contribution in [0.1, 0.15) is 26.3 Å². The highest BCUT2D eigenvalue weighted by Crippen LogP contribution is 2.34. The highest BCUT2D eigenvalue weighted by Gasteiger charge is 2.25. The molecule has 0 saturated heterocycles. The minimum atomic E-state index is -4.16. The summed E-state index contributed by atoms with van der Waals surface area (Å²) in [6.45, 7) is 6.34. The average Bonchev–Trinajstić information content (AvgIpc) is 2.92. The smallest absolute Gasteiger partial charge is 0.266 e. The molecule has 4 rings (SSSR count). The first-order valence-electron chi connectivity index (χ1n) is 12.2. The number of anilines is 1. The fraction of sp³-hybridized carbons (Fsp3) is 0.250. The van der Waals surface area contributed by atoms with Crippen LogP contribution in [0, 0.1) is 0 Å². The third-order valence-electron chi connectivity index (χ3n) is 5.57. The van der Waals surface area contributed by atoms with E-state index in [4.69, 9.17) is 18.9 Å². The van der Waals surface area contributed by atoms with E-state index in [0.29, 0.717) is 17.4 Å². The predicted octanol–water partition coefficient (Wildman–Crippen LogP) is 5.99. The molecule has 2 aromatic carbocycles. The van der Waals surface area contributed by atoms with Crippen LogP contribution in [0.4, 0.5) is 5.82 Å². The molecule has 0 bridgehead atoms. The molecule has 2 aromatic heterocycles. The molecule has 0 radical (unpaired) electrons. The van der Waals surface area contributed by atoms with Crippen LogP contribution in [0.2, 0.25) is 0 Å². The number of aromatic nitrogens is 3. The van der Waals surface area contributed by atoms with Crippen molar-refractivity contribution in [3.8, 4) is 28.9 Å². The fourth-order valence-electron chi connectivity index (χ4n) is 3.50. The number of hydrogen-bond acceptors (Lipinski definition) is 9. The summed E-state index contributed by atoms with van der Waals surface area (Å²) < 4.78 is 53.2. The lowest BCUT2D eigenvalue weighted by atomic mass is 9.87. The molecule has 10 nitrogen and oxygen atoms in total. The zero-order chi connectivity index (χ0) is 28.8. The second-order valence-electron chi connectivity index (χ2n) is 9.55. The maximum atomic E-state index is 13.6. The van der Waals surface area contributed by atoms with Gasteiger partial charge in [0.05, 0.1) is 13.3 Å². The van der Waals surface area contributed by atoms with Crippen LogP contribution >= 0.6 is 15.9 Å². The zero-order valence-corrected chi connectivity index (χ0v) is 24.8. The van der Waals surface area contributed by atoms with E-state index in [1.165, 1.54) is 18.6 Å². The van der Waals surface area contributed by atoms with Crippen molar-refractivity contribution in [1.82, 2.24) is 15.0 Å². The number of nitrogens with zero attached hydrogens (tertiary/aromatic N) is 3. The van der Waals surface area contributed by atoms with Crippen LogP contribution in [0.25, 0.3) is 0 Å². The number of rotatable bonds is 11. The van der Waals surface area contributed by atoms with E-state index in [2.05, 4.69) is 35.6 Å². The van der Waals surface area contributed by atoms with Gasteiger partial charge in [-0.3, -0.25) is 4.72 Å². The third kappa shape index (κ3) is 7.60. The lowest BCUT2D eigenvalue weighted by Crippen LogP contribution is -2.19. The maximum absolute atomic E-state index is 13.6. The van der Waals surface area contributed by atoms with Gasteiger partial charge >= 0.3 is 0 Å². The second kappa shape index (κ2) is 12.5. The van der Waals surface area contributed by atoms with E-state index in [1.54, 1.807) is 55.8 Å². The van der Waals surface area contributed by atoms with Crippen molar-refractivity contribution >= 4 is 31.8 Å². The van der Waals surface area contributed by atoms with Crippen LogP contribution < -0.4 is 23.7 Å². The molecule has 12 heteroatoms. The van der Waals surface area contributed by atoms with Crippen molar-refractivity contribution in [2.75, 3.05) is 25.0 Å². The summed E-state index contributed by atoms with van der Waals surface area (Å²) >= 11 is 3.33. The highest BCUT2D eigenvalue weighted by molar-refractivity contribution is 9.10. The number of benzene rings is 2. The van der Waals surface area contributed by atoms with E-state index in [9.17, 15) is 8.42 Å². The van der Waals surface area contributed by atoms with Gasteiger partial charge in [-0.25, -0.2) is 23.4 Å². The highest BCUT2D eigenvalue weighted by atomic mass is 79.9. The van der Waals surface area contributed by atoms with Crippen molar-refractivity contribution in [2.45, 2.75) is 31.1 Å². The molecule has 0 spiro atoms. The summed E-state index contributed by atoms with van der Waals surface area (Å²) in [4.78, 5) is 12.2. The van der Waals surface area contributed by atoms with E-state index in [0.717, 1.165) is 10.0 Å². The molecule has 0 fully saturated rings. The summed E-state index contributed by atoms with van der Waals surface area (Å²) in [7, 11) is -2.62. The average molecular weight is 630 g/mol. The number of hydrogen-bond donors (Lipinski definition) is 1. The Hall–Kier alpha value is -3.90. The minimum Gasteiger partial charge on any atom is -0.497 e. The number of ether oxygens (including phenoxy) is 4. The van der Waals surface area contributed by atoms with Gasteiger partial charge in [0.25, 0.3) is 10.0 Å². The van der Waals surface area contributed by atoms with E-state index < -0.39 is 10.0 Å². The number of nitrogens with one attached hydrogen (secondary N) is 1. The van der Waals surface area contributed by atoms with Crippen LogP contribution in [0.15, 0.2) is 82.7 Å². The van der Waals surface area contributed by atoms with Gasteiger partial charge < -0.3 is 18.9 Å². The van der Waals surface area contributed by atoms with Crippen molar-refractivity contribution in [3.63, 3.8) is 0 Å². The Morgan fingerprint density at radius 3 is 2.40 bits per heavy atom. The number of sulfonamides is 1. The summed E-state index contributed by atoms with van der Waals surface area (Å²) in [5.74, 6) is 1.69. The standard InChI is InChI=1S/C28H29BrN4O6S/c1-28(2,3)19-8-10-25(23(14-19)37-12-13-38-26-11-9-20(29)16-31-26)40(34,35)33-27-24(17-30-18-32-27)39-22-7-5-6-21(15-22)36-4/h5-11,14-18H,12-13H2,1-4H3,(H,30,32,33). The van der Waals surface area contributed by atoms with E-state index >= 15 is 0 Å². The number of pyridine rings is 1. The van der Waals surface area contributed by atoms with Crippen LogP contribution in [0.3, 0.4) is 0 Å². The van der Waals surface area contributed by atoms with Gasteiger partial charge in [0.15, 0.2) is 11.6 Å². The summed E-state index contributed by atoms with van der Waals surface area (Å²) in [5, 5.41) is 0. The molecule has 0 saturated carbocycles. The van der Waals surface area contributed by atoms with Gasteiger partial charge in [-0.05, 0) is 57.2 Å². The molecule has 0 aliphatic carbocycles. The molecular formula is C28H29BrN4O6S. The largest absolute Gasteiger partial charge is 0.497 e. The van der Waals surface area contributed by atoms with Gasteiger partial charge in [0, 0.05) is 22.8 Å². The van der Waals surface area contributed by atoms with Gasteiger partial charge in [-0.2, -0.15) is 0 Å². The first-order valence-corrected chi connectivity index (χ1v) is 14.5. The topological polar surface area (TPSA) is 122 Å². The molecule has 2 heterocycles. The van der Waals surface area contributed by atoms with Crippen molar-refractivity contribution in [1.29, 1.82) is 0 Å². The van der Waals surface area contributed by atoms with Gasteiger partial charge in [-0.1, -0.05) is 32.9 Å². The molecule has 0 aliphatic rings. The second-order valence-corrected chi connectivity index (χ2v) is 12.1. The molecule has 1 N–H and O–H groups in total. The Bertz CT molecular complexity index is 1560. The normalized spacial score (nSPS) is 11.5. The Morgan fingerprint density at radius 2 is 1.68 bits per heavy atom. The predicted molar refractivity (Wildman–Crippen MR) is 154 cm³/mol. The molecule has 0 unspecified atom stereocenters. The van der Waals surface area contributed by atoms with Crippen LogP contribution in [-0.4, -0.2) is 43.7 Å². The maximum Gasteiger partial charge on any atom is 0.266 e. The van der Waals surface area contributed by atoms with Gasteiger partial charge in [0.1, 0.15) is 41.7 Å². The van der Waals surface area contributed by atoms with Crippen molar-refractivity contribution in [3.05, 3.63) is 83.4 Å². The molecule has 210 valence electrons. The van der Waals surface area contributed by atoms with E-state index in [-0.39, 0.29) is 40.8 Å². The first-order chi connectivity index (χ1) is 19.0. The molecule has 0 atom stereocenters. The van der Waals surface area contributed by atoms with Crippen LogP contribution in [-0.2, 0) is 15.4 Å². The summed E-state index contributed by atoms with van der Waals surface area (Å²) in [6, 6.07) is 15.4. The third-order valence-corrected chi connectivity index (χ3v) is 7.42. The quantitative estimate of drug-likeness (QED) is 0.199. The lowest BCUT2D eigenvalue weighted by molar-refractivity contribution is 0.208. The number of methoxy groups -OCH3 is 1. The SMILES string of the molecule is COc1cccc(Oc2cncnc2NS(=O)(=O)c2ccc(C(C)(C)C)cc2OCCOc2ccc(Br)cn2)c1. The minimum absolute atomic E-state index is 0.0340. The summed E-state index contributed by atoms with van der Waals surface area (Å²) in [5.41, 5.74) is 0.664. The summed E-state index contributed by atoms with van der Waals surface area (Å²) in [6.07, 6.45) is 4.22. The Morgan fingerprint density at radius 1 is 0.900 bits per heavy atom. The van der Waals surface area contributed by atoms with Crippen molar-refractivity contribution in [2.24, 2.45) is 0 Å². The van der Waals surface area contributed by atoms with Crippen LogP contribution in [0.5, 0.6) is 28.9 Å².